The summed E-state index contributed by atoms with van der Waals surface area (Å²) in [7, 11) is 0. The van der Waals surface area contributed by atoms with Gasteiger partial charge in [-0.3, -0.25) is 4.79 Å². The van der Waals surface area contributed by atoms with Crippen molar-refractivity contribution in [2.45, 2.75) is 32.0 Å². The third-order valence-electron chi connectivity index (χ3n) is 6.59. The van der Waals surface area contributed by atoms with E-state index in [0.29, 0.717) is 11.3 Å². The van der Waals surface area contributed by atoms with Gasteiger partial charge in [0.2, 0.25) is 5.91 Å². The second kappa shape index (κ2) is 9.00. The number of fused-ring (bicyclic) bond motifs is 1. The van der Waals surface area contributed by atoms with Crippen LogP contribution in [0.15, 0.2) is 72.8 Å². The van der Waals surface area contributed by atoms with Gasteiger partial charge >= 0.3 is 5.97 Å². The van der Waals surface area contributed by atoms with Crippen molar-refractivity contribution in [3.8, 4) is 0 Å². The van der Waals surface area contributed by atoms with Crippen LogP contribution < -0.4 is 15.8 Å². The Morgan fingerprint density at radius 2 is 1.68 bits per heavy atom. The van der Waals surface area contributed by atoms with Crippen molar-refractivity contribution in [3.05, 3.63) is 101 Å². The second-order valence-electron chi connectivity index (χ2n) is 8.71. The minimum Gasteiger partial charge on any atom is -0.462 e. The molecule has 0 saturated carbocycles. The number of carbonyl (C=O) groups excluding carboxylic acids is 2. The lowest BCUT2D eigenvalue weighted by Gasteiger charge is -2.31. The molecule has 3 aromatic carbocycles. The summed E-state index contributed by atoms with van der Waals surface area (Å²) in [5.74, 6) is -1.05. The molecule has 0 spiro atoms. The molecule has 34 heavy (non-hydrogen) atoms. The van der Waals surface area contributed by atoms with Crippen molar-refractivity contribution in [3.63, 3.8) is 0 Å². The Morgan fingerprint density at radius 1 is 0.971 bits per heavy atom. The molecule has 4 unspecified atom stereocenters. The first kappa shape index (κ1) is 22.3. The number of nitrogens with one attached hydrogen (secondary N) is 2. The number of halogens is 1. The normalized spacial score (nSPS) is 23.7. The topological polar surface area (TPSA) is 70.7 Å². The van der Waals surface area contributed by atoms with Crippen LogP contribution in [0.1, 0.15) is 46.1 Å². The number of nitrogens with zero attached hydrogens (tertiary/aromatic N) is 1. The Balaban J connectivity index is 1.57. The van der Waals surface area contributed by atoms with Crippen molar-refractivity contribution in [2.24, 2.45) is 5.92 Å². The first-order valence-electron chi connectivity index (χ1n) is 11.4. The van der Waals surface area contributed by atoms with E-state index in [1.165, 1.54) is 12.1 Å². The number of carbonyl (C=O) groups is 2. The van der Waals surface area contributed by atoms with E-state index in [0.717, 1.165) is 16.7 Å². The SMILES string of the molecule is CCOC(=O)c1ccc(N2C(=O)C3NNC(c4ccc(C)cc4)C3C2c2cccc(F)c2)cc1. The molecule has 0 aliphatic carbocycles. The van der Waals surface area contributed by atoms with Crippen molar-refractivity contribution < 1.29 is 18.7 Å². The van der Waals surface area contributed by atoms with Gasteiger partial charge in [-0.2, -0.15) is 0 Å². The van der Waals surface area contributed by atoms with Gasteiger partial charge in [-0.05, 0) is 61.4 Å². The molecule has 4 atom stereocenters. The molecular formula is C27H26FN3O3. The Bertz CT molecular complexity index is 1210. The van der Waals surface area contributed by atoms with E-state index in [4.69, 9.17) is 4.74 Å². The summed E-state index contributed by atoms with van der Waals surface area (Å²) < 4.78 is 19.4. The van der Waals surface area contributed by atoms with Crippen LogP contribution in [0.4, 0.5) is 10.1 Å². The average molecular weight is 460 g/mol. The number of hydrazine groups is 1. The summed E-state index contributed by atoms with van der Waals surface area (Å²) in [6.45, 7) is 4.07. The molecule has 5 rings (SSSR count). The first-order valence-corrected chi connectivity index (χ1v) is 11.4. The van der Waals surface area contributed by atoms with Gasteiger partial charge in [0.1, 0.15) is 11.9 Å². The van der Waals surface area contributed by atoms with E-state index in [1.54, 1.807) is 42.2 Å². The van der Waals surface area contributed by atoms with Gasteiger partial charge in [0.25, 0.3) is 0 Å². The summed E-state index contributed by atoms with van der Waals surface area (Å²) in [4.78, 5) is 27.4. The van der Waals surface area contributed by atoms with Gasteiger partial charge in [0.15, 0.2) is 0 Å². The number of amides is 1. The van der Waals surface area contributed by atoms with Crippen LogP contribution in [0.3, 0.4) is 0 Å². The summed E-state index contributed by atoms with van der Waals surface area (Å²) in [6, 6.07) is 20.4. The van der Waals surface area contributed by atoms with Crippen molar-refractivity contribution in [1.29, 1.82) is 0 Å². The summed E-state index contributed by atoms with van der Waals surface area (Å²) >= 11 is 0. The molecule has 2 heterocycles. The zero-order valence-corrected chi connectivity index (χ0v) is 19.0. The van der Waals surface area contributed by atoms with Gasteiger partial charge < -0.3 is 9.64 Å². The average Bonchev–Trinajstić information content (AvgIpc) is 3.39. The lowest BCUT2D eigenvalue weighted by Crippen LogP contribution is -2.41. The van der Waals surface area contributed by atoms with Crippen LogP contribution in [0.2, 0.25) is 0 Å². The molecule has 7 heteroatoms. The number of anilines is 1. The highest BCUT2D eigenvalue weighted by Gasteiger charge is 2.56. The fourth-order valence-corrected chi connectivity index (χ4v) is 5.02. The lowest BCUT2D eigenvalue weighted by molar-refractivity contribution is -0.119. The van der Waals surface area contributed by atoms with Crippen molar-refractivity contribution in [2.75, 3.05) is 11.5 Å². The van der Waals surface area contributed by atoms with Crippen molar-refractivity contribution in [1.82, 2.24) is 10.9 Å². The van der Waals surface area contributed by atoms with E-state index in [1.807, 2.05) is 25.1 Å². The Labute approximate surface area is 197 Å². The van der Waals surface area contributed by atoms with Crippen LogP contribution in [0, 0.1) is 18.7 Å². The van der Waals surface area contributed by atoms with Crippen LogP contribution in [0.25, 0.3) is 0 Å². The zero-order valence-electron chi connectivity index (χ0n) is 19.0. The molecule has 174 valence electrons. The number of rotatable bonds is 5. The number of hydrogen-bond acceptors (Lipinski definition) is 5. The Kier molecular flexibility index (Phi) is 5.89. The highest BCUT2D eigenvalue weighted by Crippen LogP contribution is 2.49. The quantitative estimate of drug-likeness (QED) is 0.559. The molecule has 0 aromatic heterocycles. The summed E-state index contributed by atoms with van der Waals surface area (Å²) in [5.41, 5.74) is 10.5. The number of ether oxygens (including phenoxy) is 1. The van der Waals surface area contributed by atoms with Crippen LogP contribution in [-0.4, -0.2) is 24.5 Å². The predicted molar refractivity (Wildman–Crippen MR) is 126 cm³/mol. The monoisotopic (exact) mass is 459 g/mol. The van der Waals surface area contributed by atoms with Crippen LogP contribution in [0.5, 0.6) is 0 Å². The molecule has 2 aliphatic heterocycles. The largest absolute Gasteiger partial charge is 0.462 e. The third-order valence-corrected chi connectivity index (χ3v) is 6.59. The fraction of sp³-hybridized carbons (Fsp3) is 0.259. The van der Waals surface area contributed by atoms with Gasteiger partial charge in [0.05, 0.1) is 24.3 Å². The van der Waals surface area contributed by atoms with E-state index in [9.17, 15) is 14.0 Å². The third kappa shape index (κ3) is 3.87. The number of benzene rings is 3. The maximum Gasteiger partial charge on any atom is 0.338 e. The summed E-state index contributed by atoms with van der Waals surface area (Å²) in [5, 5.41) is 0. The molecule has 3 aromatic rings. The predicted octanol–water partition coefficient (Wildman–Crippen LogP) is 4.23. The fourth-order valence-electron chi connectivity index (χ4n) is 5.02. The standard InChI is InChI=1S/C27H26FN3O3/c1-3-34-27(33)18-11-13-21(14-12-18)31-25(19-5-4-6-20(28)15-19)22-23(29-30-24(22)26(31)32)17-9-7-16(2)8-10-17/h4-15,22-25,29-30H,3H2,1-2H3. The maximum absolute atomic E-state index is 14.3. The highest BCUT2D eigenvalue weighted by molar-refractivity contribution is 6.02. The molecule has 2 N–H and O–H groups in total. The molecule has 1 amide bonds. The molecule has 2 aliphatic rings. The zero-order chi connectivity index (χ0) is 23.8. The minimum absolute atomic E-state index is 0.106. The van der Waals surface area contributed by atoms with Gasteiger partial charge in [-0.15, -0.1) is 0 Å². The number of esters is 1. The molecular weight excluding hydrogens is 433 g/mol. The highest BCUT2D eigenvalue weighted by atomic mass is 19.1. The number of aryl methyl sites for hydroxylation is 1. The van der Waals surface area contributed by atoms with Gasteiger partial charge in [-0.25, -0.2) is 20.0 Å². The smallest absolute Gasteiger partial charge is 0.338 e. The molecule has 0 radical (unpaired) electrons. The Hall–Kier alpha value is -3.55. The molecule has 2 fully saturated rings. The first-order chi connectivity index (χ1) is 16.5. The second-order valence-corrected chi connectivity index (χ2v) is 8.71. The number of hydrogen-bond donors (Lipinski definition) is 2. The van der Waals surface area contributed by atoms with Crippen molar-refractivity contribution >= 4 is 17.6 Å². The van der Waals surface area contributed by atoms with E-state index >= 15 is 0 Å². The van der Waals surface area contributed by atoms with Gasteiger partial charge in [-0.1, -0.05) is 42.0 Å². The van der Waals surface area contributed by atoms with Crippen LogP contribution in [-0.2, 0) is 9.53 Å². The molecule has 2 saturated heterocycles. The Morgan fingerprint density at radius 3 is 2.35 bits per heavy atom. The molecule has 0 bridgehead atoms. The summed E-state index contributed by atoms with van der Waals surface area (Å²) in [6.07, 6.45) is 0. The van der Waals surface area contributed by atoms with E-state index < -0.39 is 18.1 Å². The maximum atomic E-state index is 14.3. The minimum atomic E-state index is -0.482. The van der Waals surface area contributed by atoms with E-state index in [-0.39, 0.29) is 30.3 Å². The van der Waals surface area contributed by atoms with Crippen LogP contribution >= 0.6 is 0 Å². The van der Waals surface area contributed by atoms with E-state index in [2.05, 4.69) is 23.0 Å². The lowest BCUT2D eigenvalue weighted by atomic mass is 9.83. The molecule has 6 nitrogen and oxygen atoms in total. The van der Waals surface area contributed by atoms with Gasteiger partial charge in [0, 0.05) is 11.6 Å².